The summed E-state index contributed by atoms with van der Waals surface area (Å²) in [4.78, 5) is 35.0. The van der Waals surface area contributed by atoms with Crippen LogP contribution in [0.1, 0.15) is 21.6 Å². The second-order valence-corrected chi connectivity index (χ2v) is 4.99. The lowest BCUT2D eigenvalue weighted by molar-refractivity contribution is -0.146. The summed E-state index contributed by atoms with van der Waals surface area (Å²) >= 11 is 0. The van der Waals surface area contributed by atoms with E-state index >= 15 is 0 Å². The number of hydrogen-bond acceptors (Lipinski definition) is 3. The molecule has 1 N–H and O–H groups in total. The Labute approximate surface area is 134 Å². The first-order valence-corrected chi connectivity index (χ1v) is 6.80. The molecule has 24 heavy (non-hydrogen) atoms. The van der Waals surface area contributed by atoms with E-state index in [-0.39, 0.29) is 10.1 Å². The van der Waals surface area contributed by atoms with Gasteiger partial charge in [0.15, 0.2) is 5.78 Å². The smallest absolute Gasteiger partial charge is 0.431 e. The topological polar surface area (TPSA) is 76.4 Å². The SMILES string of the molecule is O=C(O)Cn1c(C(F)(F)F)ccc(CC(=O)c2ccccc2)c1=O. The molecule has 126 valence electrons. The molecule has 0 aliphatic heterocycles. The summed E-state index contributed by atoms with van der Waals surface area (Å²) in [5, 5.41) is 8.74. The second kappa shape index (κ2) is 6.69. The number of carbonyl (C=O) groups excluding carboxylic acids is 1. The Kier molecular flexibility index (Phi) is 4.87. The van der Waals surface area contributed by atoms with Gasteiger partial charge in [0.05, 0.1) is 0 Å². The molecule has 0 aliphatic carbocycles. The molecule has 0 atom stereocenters. The number of carboxylic acids is 1. The predicted octanol–water partition coefficient (Wildman–Crippen LogP) is 2.38. The van der Waals surface area contributed by atoms with Gasteiger partial charge in [-0.3, -0.25) is 19.0 Å². The zero-order valence-electron chi connectivity index (χ0n) is 12.2. The monoisotopic (exact) mass is 339 g/mol. The van der Waals surface area contributed by atoms with Crippen LogP contribution in [-0.4, -0.2) is 21.4 Å². The molecule has 0 radical (unpaired) electrons. The quantitative estimate of drug-likeness (QED) is 0.849. The molecule has 0 spiro atoms. The van der Waals surface area contributed by atoms with Gasteiger partial charge in [-0.25, -0.2) is 0 Å². The predicted molar refractivity (Wildman–Crippen MR) is 77.8 cm³/mol. The maximum atomic E-state index is 12.9. The Hall–Kier alpha value is -2.90. The molecule has 0 unspecified atom stereocenters. The van der Waals surface area contributed by atoms with Crippen LogP contribution in [0.3, 0.4) is 0 Å². The van der Waals surface area contributed by atoms with Crippen molar-refractivity contribution in [2.75, 3.05) is 0 Å². The number of halogens is 3. The summed E-state index contributed by atoms with van der Waals surface area (Å²) in [6, 6.07) is 9.47. The van der Waals surface area contributed by atoms with Crippen molar-refractivity contribution in [3.63, 3.8) is 0 Å². The van der Waals surface area contributed by atoms with Crippen LogP contribution in [0.5, 0.6) is 0 Å². The van der Waals surface area contributed by atoms with E-state index in [1.807, 2.05) is 0 Å². The summed E-state index contributed by atoms with van der Waals surface area (Å²) < 4.78 is 38.9. The number of benzene rings is 1. The van der Waals surface area contributed by atoms with E-state index in [2.05, 4.69) is 0 Å². The van der Waals surface area contributed by atoms with Gasteiger partial charge in [0.25, 0.3) is 5.56 Å². The first-order valence-electron chi connectivity index (χ1n) is 6.80. The molecule has 1 heterocycles. The van der Waals surface area contributed by atoms with Crippen LogP contribution in [0, 0.1) is 0 Å². The minimum absolute atomic E-state index is 0.121. The van der Waals surface area contributed by atoms with Crippen molar-refractivity contribution in [3.05, 3.63) is 69.6 Å². The van der Waals surface area contributed by atoms with Crippen molar-refractivity contribution in [1.82, 2.24) is 4.57 Å². The summed E-state index contributed by atoms with van der Waals surface area (Å²) in [7, 11) is 0. The minimum Gasteiger partial charge on any atom is -0.480 e. The van der Waals surface area contributed by atoms with Gasteiger partial charge < -0.3 is 5.11 Å². The summed E-state index contributed by atoms with van der Waals surface area (Å²) in [5.41, 5.74) is -2.40. The standard InChI is InChI=1S/C16H12F3NO4/c17-16(18,19)13-7-6-11(15(24)20(13)9-14(22)23)8-12(21)10-4-2-1-3-5-10/h1-7H,8-9H2,(H,22,23). The Balaban J connectivity index is 2.44. The average molecular weight is 339 g/mol. The van der Waals surface area contributed by atoms with E-state index in [1.165, 1.54) is 12.1 Å². The highest BCUT2D eigenvalue weighted by Crippen LogP contribution is 2.28. The van der Waals surface area contributed by atoms with E-state index < -0.39 is 42.1 Å². The molecular weight excluding hydrogens is 327 g/mol. The van der Waals surface area contributed by atoms with E-state index in [1.54, 1.807) is 18.2 Å². The maximum Gasteiger partial charge on any atom is 0.431 e. The number of nitrogens with zero attached hydrogens (tertiary/aromatic N) is 1. The number of carboxylic acid groups (broad SMARTS) is 1. The van der Waals surface area contributed by atoms with Crippen molar-refractivity contribution in [3.8, 4) is 0 Å². The van der Waals surface area contributed by atoms with Gasteiger partial charge in [0.2, 0.25) is 0 Å². The van der Waals surface area contributed by atoms with Gasteiger partial charge in [0.1, 0.15) is 12.2 Å². The number of alkyl halides is 3. The average Bonchev–Trinajstić information content (AvgIpc) is 2.50. The zero-order valence-corrected chi connectivity index (χ0v) is 12.2. The molecule has 1 aromatic heterocycles. The lowest BCUT2D eigenvalue weighted by Gasteiger charge is -2.15. The molecule has 0 saturated heterocycles. The van der Waals surface area contributed by atoms with Gasteiger partial charge in [-0.05, 0) is 6.07 Å². The highest BCUT2D eigenvalue weighted by atomic mass is 19.4. The Bertz CT molecular complexity index is 825. The molecule has 2 aromatic rings. The van der Waals surface area contributed by atoms with Gasteiger partial charge in [-0.2, -0.15) is 13.2 Å². The molecule has 1 aromatic carbocycles. The van der Waals surface area contributed by atoms with Gasteiger partial charge in [-0.1, -0.05) is 36.4 Å². The normalized spacial score (nSPS) is 11.3. The molecular formula is C16H12F3NO4. The third kappa shape index (κ3) is 3.89. The zero-order chi connectivity index (χ0) is 17.9. The molecule has 0 bridgehead atoms. The van der Waals surface area contributed by atoms with Crippen LogP contribution in [-0.2, 0) is 23.9 Å². The molecule has 0 saturated carbocycles. The van der Waals surface area contributed by atoms with Crippen LogP contribution in [0.2, 0.25) is 0 Å². The van der Waals surface area contributed by atoms with Gasteiger partial charge in [0, 0.05) is 17.5 Å². The van der Waals surface area contributed by atoms with Crippen molar-refractivity contribution in [2.24, 2.45) is 0 Å². The van der Waals surface area contributed by atoms with Crippen LogP contribution in [0.25, 0.3) is 0 Å². The number of aromatic nitrogens is 1. The number of Topliss-reactive ketones (excluding diaryl/α,β-unsaturated/α-hetero) is 1. The van der Waals surface area contributed by atoms with Crippen molar-refractivity contribution in [2.45, 2.75) is 19.1 Å². The van der Waals surface area contributed by atoms with E-state index in [9.17, 15) is 27.6 Å². The number of hydrogen-bond donors (Lipinski definition) is 1. The fourth-order valence-corrected chi connectivity index (χ4v) is 2.20. The number of carbonyl (C=O) groups is 2. The fourth-order valence-electron chi connectivity index (χ4n) is 2.20. The third-order valence-corrected chi connectivity index (χ3v) is 3.28. The van der Waals surface area contributed by atoms with Gasteiger partial charge in [-0.15, -0.1) is 0 Å². The fraction of sp³-hybridized carbons (Fsp3) is 0.188. The molecule has 0 fully saturated rings. The highest BCUT2D eigenvalue weighted by Gasteiger charge is 2.35. The third-order valence-electron chi connectivity index (χ3n) is 3.28. The van der Waals surface area contributed by atoms with E-state index in [0.29, 0.717) is 11.6 Å². The van der Waals surface area contributed by atoms with Crippen molar-refractivity contribution >= 4 is 11.8 Å². The first-order chi connectivity index (χ1) is 11.2. The highest BCUT2D eigenvalue weighted by molar-refractivity contribution is 5.97. The molecule has 5 nitrogen and oxygen atoms in total. The minimum atomic E-state index is -4.88. The largest absolute Gasteiger partial charge is 0.480 e. The Morgan fingerprint density at radius 2 is 1.67 bits per heavy atom. The lowest BCUT2D eigenvalue weighted by atomic mass is 10.0. The van der Waals surface area contributed by atoms with Crippen LogP contribution in [0.4, 0.5) is 13.2 Å². The summed E-state index contributed by atoms with van der Waals surface area (Å²) in [6.07, 6.45) is -5.29. The Morgan fingerprint density at radius 1 is 1.04 bits per heavy atom. The summed E-state index contributed by atoms with van der Waals surface area (Å²) in [6.45, 7) is -1.14. The van der Waals surface area contributed by atoms with Gasteiger partial charge >= 0.3 is 12.1 Å². The Morgan fingerprint density at radius 3 is 2.21 bits per heavy atom. The van der Waals surface area contributed by atoms with Crippen LogP contribution >= 0.6 is 0 Å². The number of rotatable bonds is 5. The maximum absolute atomic E-state index is 12.9. The molecule has 8 heteroatoms. The summed E-state index contributed by atoms with van der Waals surface area (Å²) in [5.74, 6) is -2.04. The van der Waals surface area contributed by atoms with Crippen LogP contribution < -0.4 is 5.56 Å². The van der Waals surface area contributed by atoms with E-state index in [4.69, 9.17) is 5.11 Å². The molecule has 0 amide bonds. The first kappa shape index (κ1) is 17.5. The molecule has 0 aliphatic rings. The number of pyridine rings is 1. The van der Waals surface area contributed by atoms with Crippen molar-refractivity contribution < 1.29 is 27.9 Å². The van der Waals surface area contributed by atoms with E-state index in [0.717, 1.165) is 6.07 Å². The lowest BCUT2D eigenvalue weighted by Crippen LogP contribution is -2.33. The van der Waals surface area contributed by atoms with Crippen LogP contribution in [0.15, 0.2) is 47.3 Å². The number of aliphatic carboxylic acids is 1. The van der Waals surface area contributed by atoms with Crippen molar-refractivity contribution in [1.29, 1.82) is 0 Å². The molecule has 2 rings (SSSR count). The number of ketones is 1. The second-order valence-electron chi connectivity index (χ2n) is 4.99.